The van der Waals surface area contributed by atoms with Crippen molar-refractivity contribution in [1.82, 2.24) is 5.43 Å². The van der Waals surface area contributed by atoms with Crippen LogP contribution < -0.4 is 5.43 Å². The van der Waals surface area contributed by atoms with Crippen LogP contribution in [0.15, 0.2) is 29.4 Å². The number of hydrazone groups is 1. The average Bonchev–Trinajstić information content (AvgIpc) is 2.55. The number of hydrogen-bond acceptors (Lipinski definition) is 3. The summed E-state index contributed by atoms with van der Waals surface area (Å²) in [5, 5.41) is 13.5. The molecule has 0 heterocycles. The van der Waals surface area contributed by atoms with E-state index >= 15 is 0 Å². The van der Waals surface area contributed by atoms with Gasteiger partial charge < -0.3 is 5.11 Å². The number of aromatic hydroxyl groups is 1. The highest BCUT2D eigenvalue weighted by molar-refractivity contribution is 5.99. The number of phenolic OH excluding ortho intramolecular Hbond substituents is 1. The van der Waals surface area contributed by atoms with Crippen LogP contribution in [-0.4, -0.2) is 16.7 Å². The van der Waals surface area contributed by atoms with Crippen LogP contribution in [0.2, 0.25) is 0 Å². The van der Waals surface area contributed by atoms with Crippen molar-refractivity contribution in [3.8, 4) is 5.75 Å². The van der Waals surface area contributed by atoms with Gasteiger partial charge in [-0.3, -0.25) is 4.79 Å². The summed E-state index contributed by atoms with van der Waals surface area (Å²) >= 11 is 0. The molecule has 1 aromatic carbocycles. The summed E-state index contributed by atoms with van der Waals surface area (Å²) < 4.78 is 0. The second kappa shape index (κ2) is 11.7. The van der Waals surface area contributed by atoms with Crippen LogP contribution in [0, 0.1) is 0 Å². The number of phenols is 1. The lowest BCUT2D eigenvalue weighted by Gasteiger charge is -2.04. The maximum Gasteiger partial charge on any atom is 0.240 e. The number of hydrogen-bond donors (Lipinski definition) is 2. The molecule has 0 unspecified atom stereocenters. The second-order valence-electron chi connectivity index (χ2n) is 6.01. The zero-order valence-electron chi connectivity index (χ0n) is 14.5. The predicted molar refractivity (Wildman–Crippen MR) is 95.7 cm³/mol. The van der Waals surface area contributed by atoms with Crippen molar-refractivity contribution in [2.75, 3.05) is 0 Å². The first-order chi connectivity index (χ1) is 11.1. The fourth-order valence-corrected chi connectivity index (χ4v) is 2.42. The molecule has 1 aromatic rings. The maximum absolute atomic E-state index is 11.8. The first-order valence-electron chi connectivity index (χ1n) is 8.76. The molecule has 4 heteroatoms. The van der Waals surface area contributed by atoms with Crippen LogP contribution in [0.1, 0.15) is 77.2 Å². The molecule has 1 rings (SSSR count). The molecular weight excluding hydrogens is 288 g/mol. The van der Waals surface area contributed by atoms with Crippen molar-refractivity contribution < 1.29 is 9.90 Å². The minimum atomic E-state index is -0.0458. The summed E-state index contributed by atoms with van der Waals surface area (Å²) in [6.45, 7) is 4.04. The van der Waals surface area contributed by atoms with Gasteiger partial charge in [0.15, 0.2) is 0 Å². The van der Waals surface area contributed by atoms with Crippen molar-refractivity contribution in [2.45, 2.75) is 71.6 Å². The van der Waals surface area contributed by atoms with E-state index in [1.807, 2.05) is 13.0 Å². The Balaban J connectivity index is 2.15. The molecule has 0 radical (unpaired) electrons. The fraction of sp³-hybridized carbons (Fsp3) is 0.579. The highest BCUT2D eigenvalue weighted by Gasteiger charge is 2.02. The van der Waals surface area contributed by atoms with Crippen molar-refractivity contribution in [3.05, 3.63) is 29.8 Å². The zero-order chi connectivity index (χ0) is 16.9. The van der Waals surface area contributed by atoms with Crippen LogP contribution in [-0.2, 0) is 4.79 Å². The maximum atomic E-state index is 11.8. The van der Waals surface area contributed by atoms with Crippen LogP contribution in [0.3, 0.4) is 0 Å². The van der Waals surface area contributed by atoms with E-state index in [0.29, 0.717) is 12.1 Å². The molecule has 0 bridgehead atoms. The molecule has 0 fully saturated rings. The summed E-state index contributed by atoms with van der Waals surface area (Å²) in [7, 11) is 0. The van der Waals surface area contributed by atoms with E-state index in [1.54, 1.807) is 18.2 Å². The molecule has 128 valence electrons. The van der Waals surface area contributed by atoms with E-state index in [4.69, 9.17) is 0 Å². The lowest BCUT2D eigenvalue weighted by atomic mass is 10.1. The van der Waals surface area contributed by atoms with Gasteiger partial charge in [-0.1, -0.05) is 64.0 Å². The molecule has 0 saturated heterocycles. The molecular formula is C19H30N2O2. The molecule has 0 aromatic heterocycles. The summed E-state index contributed by atoms with van der Waals surface area (Å²) in [4.78, 5) is 11.8. The van der Waals surface area contributed by atoms with Gasteiger partial charge in [0.1, 0.15) is 5.75 Å². The average molecular weight is 318 g/mol. The van der Waals surface area contributed by atoms with Gasteiger partial charge in [0.2, 0.25) is 5.91 Å². The Kier molecular flexibility index (Phi) is 9.76. The standard InChI is InChI=1S/C19H30N2O2/c1-3-4-5-6-7-8-9-10-14-19(23)21-20-16(2)17-12-11-13-18(22)15-17/h11-13,15,22H,3-10,14H2,1-2H3,(H,21,23)/b20-16+. The van der Waals surface area contributed by atoms with Crippen LogP contribution in [0.5, 0.6) is 5.75 Å². The van der Waals surface area contributed by atoms with Crippen molar-refractivity contribution in [3.63, 3.8) is 0 Å². The predicted octanol–water partition coefficient (Wildman–Crippen LogP) is 4.76. The molecule has 0 spiro atoms. The van der Waals surface area contributed by atoms with E-state index in [-0.39, 0.29) is 11.7 Å². The molecule has 2 N–H and O–H groups in total. The Bertz CT molecular complexity index is 498. The topological polar surface area (TPSA) is 61.7 Å². The van der Waals surface area contributed by atoms with Crippen LogP contribution in [0.25, 0.3) is 0 Å². The lowest BCUT2D eigenvalue weighted by Crippen LogP contribution is -2.18. The number of benzene rings is 1. The van der Waals surface area contributed by atoms with Gasteiger partial charge in [-0.2, -0.15) is 5.10 Å². The minimum Gasteiger partial charge on any atom is -0.508 e. The Hall–Kier alpha value is -1.84. The molecule has 0 atom stereocenters. The van der Waals surface area contributed by atoms with Crippen molar-refractivity contribution in [2.24, 2.45) is 5.10 Å². The van der Waals surface area contributed by atoms with Crippen molar-refractivity contribution in [1.29, 1.82) is 0 Å². The number of rotatable bonds is 11. The highest BCUT2D eigenvalue weighted by atomic mass is 16.3. The van der Waals surface area contributed by atoms with Crippen LogP contribution >= 0.6 is 0 Å². The minimum absolute atomic E-state index is 0.0458. The van der Waals surface area contributed by atoms with E-state index in [0.717, 1.165) is 18.4 Å². The molecule has 23 heavy (non-hydrogen) atoms. The van der Waals surface area contributed by atoms with Gasteiger partial charge in [0, 0.05) is 12.0 Å². The third-order valence-electron chi connectivity index (χ3n) is 3.87. The van der Waals surface area contributed by atoms with Gasteiger partial charge in [-0.15, -0.1) is 0 Å². The molecule has 0 aliphatic rings. The Morgan fingerprint density at radius 2 is 1.74 bits per heavy atom. The molecule has 0 saturated carbocycles. The van der Waals surface area contributed by atoms with Gasteiger partial charge in [-0.25, -0.2) is 5.43 Å². The largest absolute Gasteiger partial charge is 0.508 e. The fourth-order valence-electron chi connectivity index (χ4n) is 2.42. The highest BCUT2D eigenvalue weighted by Crippen LogP contribution is 2.12. The Morgan fingerprint density at radius 3 is 2.39 bits per heavy atom. The first kappa shape index (κ1) is 19.2. The van der Waals surface area contributed by atoms with E-state index in [1.165, 1.54) is 38.5 Å². The first-order valence-corrected chi connectivity index (χ1v) is 8.76. The number of unbranched alkanes of at least 4 members (excludes halogenated alkanes) is 7. The number of nitrogens with one attached hydrogen (secondary N) is 1. The van der Waals surface area contributed by atoms with Gasteiger partial charge in [-0.05, 0) is 25.5 Å². The molecule has 1 amide bonds. The van der Waals surface area contributed by atoms with Crippen LogP contribution in [0.4, 0.5) is 0 Å². The Labute approximate surface area is 140 Å². The number of carbonyl (C=O) groups excluding carboxylic acids is 1. The normalized spacial score (nSPS) is 11.5. The van der Waals surface area contributed by atoms with Gasteiger partial charge in [0.25, 0.3) is 0 Å². The third-order valence-corrected chi connectivity index (χ3v) is 3.87. The van der Waals surface area contributed by atoms with E-state index < -0.39 is 0 Å². The van der Waals surface area contributed by atoms with Gasteiger partial charge in [0.05, 0.1) is 5.71 Å². The monoisotopic (exact) mass is 318 g/mol. The lowest BCUT2D eigenvalue weighted by molar-refractivity contribution is -0.121. The quantitative estimate of drug-likeness (QED) is 0.351. The smallest absolute Gasteiger partial charge is 0.240 e. The van der Waals surface area contributed by atoms with Gasteiger partial charge >= 0.3 is 0 Å². The zero-order valence-corrected chi connectivity index (χ0v) is 14.5. The summed E-state index contributed by atoms with van der Waals surface area (Å²) in [6, 6.07) is 6.84. The summed E-state index contributed by atoms with van der Waals surface area (Å²) in [5.41, 5.74) is 4.08. The van der Waals surface area contributed by atoms with Crippen molar-refractivity contribution >= 4 is 11.6 Å². The number of nitrogens with zero attached hydrogens (tertiary/aromatic N) is 1. The van der Waals surface area contributed by atoms with E-state index in [2.05, 4.69) is 17.5 Å². The summed E-state index contributed by atoms with van der Waals surface area (Å²) in [6.07, 6.45) is 10.3. The summed E-state index contributed by atoms with van der Waals surface area (Å²) in [5.74, 6) is 0.151. The molecule has 4 nitrogen and oxygen atoms in total. The third kappa shape index (κ3) is 9.01. The molecule has 0 aliphatic heterocycles. The SMILES string of the molecule is CCCCCCCCCCC(=O)N/N=C(\C)c1cccc(O)c1. The Morgan fingerprint density at radius 1 is 1.09 bits per heavy atom. The second-order valence-corrected chi connectivity index (χ2v) is 6.01. The molecule has 0 aliphatic carbocycles. The number of carbonyl (C=O) groups is 1. The number of amides is 1. The van der Waals surface area contributed by atoms with E-state index in [9.17, 15) is 9.90 Å².